The smallest absolute Gasteiger partial charge is 0.0909 e. The van der Waals surface area contributed by atoms with E-state index in [-0.39, 0.29) is 0 Å². The molecule has 114 valence electrons. The SMILES string of the molecule is CC.c1csc(N2CCN(CC3CCNCC3)CC2)c1. The van der Waals surface area contributed by atoms with Gasteiger partial charge in [-0.05, 0) is 49.4 Å². The van der Waals surface area contributed by atoms with Crippen molar-refractivity contribution in [1.29, 1.82) is 0 Å². The molecule has 2 aliphatic heterocycles. The lowest BCUT2D eigenvalue weighted by molar-refractivity contribution is 0.196. The van der Waals surface area contributed by atoms with Crippen LogP contribution in [0.25, 0.3) is 0 Å². The molecule has 1 N–H and O–H groups in total. The third kappa shape index (κ3) is 4.47. The molecule has 0 unspecified atom stereocenters. The number of piperidine rings is 1. The lowest BCUT2D eigenvalue weighted by atomic mass is 9.97. The molecular formula is C16H29N3S. The van der Waals surface area contributed by atoms with E-state index in [9.17, 15) is 0 Å². The summed E-state index contributed by atoms with van der Waals surface area (Å²) in [5.41, 5.74) is 0. The summed E-state index contributed by atoms with van der Waals surface area (Å²) in [6.45, 7) is 12.6. The maximum absolute atomic E-state index is 3.45. The van der Waals surface area contributed by atoms with Gasteiger partial charge in [-0.1, -0.05) is 13.8 Å². The lowest BCUT2D eigenvalue weighted by Gasteiger charge is -2.37. The number of nitrogens with one attached hydrogen (secondary N) is 1. The first-order valence-corrected chi connectivity index (χ1v) is 9.01. The van der Waals surface area contributed by atoms with Crippen LogP contribution >= 0.6 is 11.3 Å². The second-order valence-corrected chi connectivity index (χ2v) is 6.36. The third-order valence-corrected chi connectivity index (χ3v) is 5.09. The van der Waals surface area contributed by atoms with Crippen LogP contribution in [0.4, 0.5) is 5.00 Å². The van der Waals surface area contributed by atoms with Gasteiger partial charge in [0.25, 0.3) is 0 Å². The lowest BCUT2D eigenvalue weighted by Crippen LogP contribution is -2.48. The summed E-state index contributed by atoms with van der Waals surface area (Å²) in [5, 5.41) is 7.07. The molecule has 0 aliphatic carbocycles. The number of nitrogens with zero attached hydrogens (tertiary/aromatic N) is 2. The average molecular weight is 295 g/mol. The summed E-state index contributed by atoms with van der Waals surface area (Å²) in [6.07, 6.45) is 2.73. The molecule has 1 aromatic rings. The molecule has 4 heteroatoms. The van der Waals surface area contributed by atoms with Crippen molar-refractivity contribution >= 4 is 16.3 Å². The summed E-state index contributed by atoms with van der Waals surface area (Å²) in [5.74, 6) is 0.930. The van der Waals surface area contributed by atoms with Gasteiger partial charge in [-0.2, -0.15) is 0 Å². The number of anilines is 1. The predicted octanol–water partition coefficient (Wildman–Crippen LogP) is 2.90. The number of thiophene rings is 1. The minimum atomic E-state index is 0.930. The first-order valence-electron chi connectivity index (χ1n) is 8.13. The maximum atomic E-state index is 3.45. The molecule has 0 bridgehead atoms. The molecule has 2 aliphatic rings. The molecular weight excluding hydrogens is 266 g/mol. The van der Waals surface area contributed by atoms with E-state index in [2.05, 4.69) is 32.6 Å². The molecule has 0 amide bonds. The molecule has 20 heavy (non-hydrogen) atoms. The van der Waals surface area contributed by atoms with E-state index in [0.29, 0.717) is 0 Å². The van der Waals surface area contributed by atoms with Crippen molar-refractivity contribution in [3.8, 4) is 0 Å². The minimum Gasteiger partial charge on any atom is -0.361 e. The van der Waals surface area contributed by atoms with Gasteiger partial charge in [0.15, 0.2) is 0 Å². The van der Waals surface area contributed by atoms with Crippen LogP contribution in [0, 0.1) is 5.92 Å². The Labute approximate surface area is 128 Å². The van der Waals surface area contributed by atoms with E-state index >= 15 is 0 Å². The van der Waals surface area contributed by atoms with Crippen molar-refractivity contribution in [2.75, 3.05) is 50.7 Å². The molecule has 3 rings (SSSR count). The van der Waals surface area contributed by atoms with Gasteiger partial charge in [-0.25, -0.2) is 0 Å². The second-order valence-electron chi connectivity index (χ2n) is 5.43. The Hall–Kier alpha value is -0.580. The summed E-state index contributed by atoms with van der Waals surface area (Å²) in [4.78, 5) is 5.20. The zero-order valence-electron chi connectivity index (χ0n) is 13.0. The standard InChI is InChI=1S/C14H23N3S.C2H6/c1-2-14(18-11-1)17-9-7-16(8-10-17)12-13-3-5-15-6-4-13;1-2/h1-2,11,13,15H,3-10,12H2;1-2H3. The monoisotopic (exact) mass is 295 g/mol. The Balaban J connectivity index is 0.000000704. The number of piperazine rings is 1. The predicted molar refractivity (Wildman–Crippen MR) is 89.9 cm³/mol. The van der Waals surface area contributed by atoms with E-state index in [1.165, 1.54) is 63.7 Å². The highest BCUT2D eigenvalue weighted by molar-refractivity contribution is 7.14. The average Bonchev–Trinajstić information content (AvgIpc) is 3.05. The van der Waals surface area contributed by atoms with Gasteiger partial charge in [0.2, 0.25) is 0 Å². The number of rotatable bonds is 3. The third-order valence-electron chi connectivity index (χ3n) is 4.17. The summed E-state index contributed by atoms with van der Waals surface area (Å²) in [6, 6.07) is 4.40. The van der Waals surface area contributed by atoms with Crippen LogP contribution in [0.5, 0.6) is 0 Å². The van der Waals surface area contributed by atoms with Gasteiger partial charge in [-0.3, -0.25) is 4.90 Å². The molecule has 3 heterocycles. The Morgan fingerprint density at radius 2 is 1.85 bits per heavy atom. The molecule has 0 spiro atoms. The van der Waals surface area contributed by atoms with Gasteiger partial charge >= 0.3 is 0 Å². The normalized spacial score (nSPS) is 21.4. The number of hydrogen-bond donors (Lipinski definition) is 1. The van der Waals surface area contributed by atoms with Crippen molar-refractivity contribution in [1.82, 2.24) is 10.2 Å². The molecule has 2 fully saturated rings. The van der Waals surface area contributed by atoms with E-state index in [4.69, 9.17) is 0 Å². The Morgan fingerprint density at radius 3 is 2.45 bits per heavy atom. The molecule has 0 atom stereocenters. The first-order chi connectivity index (χ1) is 9.92. The highest BCUT2D eigenvalue weighted by atomic mass is 32.1. The van der Waals surface area contributed by atoms with Crippen LogP contribution in [0.1, 0.15) is 26.7 Å². The zero-order chi connectivity index (χ0) is 14.2. The van der Waals surface area contributed by atoms with Gasteiger partial charge in [0, 0.05) is 32.7 Å². The summed E-state index contributed by atoms with van der Waals surface area (Å²) in [7, 11) is 0. The fraction of sp³-hybridized carbons (Fsp3) is 0.750. The molecule has 0 radical (unpaired) electrons. The van der Waals surface area contributed by atoms with Crippen LogP contribution in [0.15, 0.2) is 17.5 Å². The van der Waals surface area contributed by atoms with Crippen LogP contribution in [0.3, 0.4) is 0 Å². The van der Waals surface area contributed by atoms with Crippen LogP contribution in [-0.4, -0.2) is 50.7 Å². The van der Waals surface area contributed by atoms with Crippen LogP contribution < -0.4 is 10.2 Å². The van der Waals surface area contributed by atoms with Crippen LogP contribution in [0.2, 0.25) is 0 Å². The van der Waals surface area contributed by atoms with Crippen LogP contribution in [-0.2, 0) is 0 Å². The van der Waals surface area contributed by atoms with Gasteiger partial charge in [0.05, 0.1) is 5.00 Å². The van der Waals surface area contributed by atoms with Gasteiger partial charge in [-0.15, -0.1) is 11.3 Å². The molecule has 0 aromatic carbocycles. The van der Waals surface area contributed by atoms with Gasteiger partial charge in [0.1, 0.15) is 0 Å². The Morgan fingerprint density at radius 1 is 1.15 bits per heavy atom. The fourth-order valence-corrected chi connectivity index (χ4v) is 3.82. The van der Waals surface area contributed by atoms with E-state index in [1.54, 1.807) is 0 Å². The summed E-state index contributed by atoms with van der Waals surface area (Å²) >= 11 is 1.87. The number of hydrogen-bond acceptors (Lipinski definition) is 4. The minimum absolute atomic E-state index is 0.930. The largest absolute Gasteiger partial charge is 0.361 e. The topological polar surface area (TPSA) is 18.5 Å². The quantitative estimate of drug-likeness (QED) is 0.925. The highest BCUT2D eigenvalue weighted by Crippen LogP contribution is 2.23. The molecule has 0 saturated carbocycles. The molecule has 3 nitrogen and oxygen atoms in total. The highest BCUT2D eigenvalue weighted by Gasteiger charge is 2.21. The Bertz CT molecular complexity index is 339. The first kappa shape index (κ1) is 15.8. The molecule has 2 saturated heterocycles. The second kappa shape index (κ2) is 8.65. The van der Waals surface area contributed by atoms with Crippen molar-refractivity contribution < 1.29 is 0 Å². The maximum Gasteiger partial charge on any atom is 0.0909 e. The Kier molecular flexibility index (Phi) is 6.83. The van der Waals surface area contributed by atoms with Crippen molar-refractivity contribution in [3.63, 3.8) is 0 Å². The summed E-state index contributed by atoms with van der Waals surface area (Å²) < 4.78 is 0. The fourth-order valence-electron chi connectivity index (χ4n) is 3.03. The van der Waals surface area contributed by atoms with E-state index in [1.807, 2.05) is 25.2 Å². The van der Waals surface area contributed by atoms with Crippen molar-refractivity contribution in [2.24, 2.45) is 5.92 Å². The van der Waals surface area contributed by atoms with Gasteiger partial charge < -0.3 is 10.2 Å². The zero-order valence-corrected chi connectivity index (χ0v) is 13.8. The molecule has 1 aromatic heterocycles. The van der Waals surface area contributed by atoms with Crippen molar-refractivity contribution in [2.45, 2.75) is 26.7 Å². The van der Waals surface area contributed by atoms with Crippen molar-refractivity contribution in [3.05, 3.63) is 17.5 Å². The van der Waals surface area contributed by atoms with E-state index < -0.39 is 0 Å². The van der Waals surface area contributed by atoms with E-state index in [0.717, 1.165) is 5.92 Å².